The van der Waals surface area contributed by atoms with Crippen LogP contribution >= 0.6 is 12.6 Å². The van der Waals surface area contributed by atoms with Gasteiger partial charge in [-0.3, -0.25) is 4.79 Å². The highest BCUT2D eigenvalue weighted by atomic mass is 32.1. The van der Waals surface area contributed by atoms with E-state index < -0.39 is 11.7 Å². The maximum atomic E-state index is 13.1. The van der Waals surface area contributed by atoms with E-state index in [1.165, 1.54) is 17.7 Å². The number of thiol groups is 1. The van der Waals surface area contributed by atoms with Gasteiger partial charge >= 0.3 is 6.18 Å². The molecule has 1 aliphatic carbocycles. The van der Waals surface area contributed by atoms with Crippen LogP contribution in [0.4, 0.5) is 18.9 Å². The highest BCUT2D eigenvalue weighted by molar-refractivity contribution is 7.80. The quantitative estimate of drug-likeness (QED) is 0.724. The summed E-state index contributed by atoms with van der Waals surface area (Å²) in [6.07, 6.45) is -3.50. The fourth-order valence-corrected chi connectivity index (χ4v) is 4.24. The number of benzene rings is 2. The van der Waals surface area contributed by atoms with Crippen molar-refractivity contribution in [3.8, 4) is 0 Å². The third-order valence-corrected chi connectivity index (χ3v) is 6.20. The number of alkyl halides is 3. The fourth-order valence-electron chi connectivity index (χ4n) is 4.09. The maximum Gasteiger partial charge on any atom is 0.416 e. The lowest BCUT2D eigenvalue weighted by Gasteiger charge is -2.37. The zero-order valence-electron chi connectivity index (χ0n) is 16.1. The van der Waals surface area contributed by atoms with Crippen LogP contribution in [0.2, 0.25) is 0 Å². The molecular formula is C22H23F3N2OS. The fraction of sp³-hybridized carbons (Fsp3) is 0.409. The molecule has 2 fully saturated rings. The van der Waals surface area contributed by atoms with E-state index in [4.69, 9.17) is 0 Å². The first kappa shape index (κ1) is 20.1. The lowest BCUT2D eigenvalue weighted by Crippen LogP contribution is -2.49. The molecule has 0 radical (unpaired) electrons. The third-order valence-electron chi connectivity index (χ3n) is 5.90. The number of amides is 1. The lowest BCUT2D eigenvalue weighted by molar-refractivity contribution is -0.137. The van der Waals surface area contributed by atoms with Gasteiger partial charge in [0.05, 0.1) is 5.56 Å². The number of carbonyl (C=O) groups is 1. The maximum absolute atomic E-state index is 13.1. The number of rotatable bonds is 3. The zero-order chi connectivity index (χ0) is 20.8. The Morgan fingerprint density at radius 2 is 1.69 bits per heavy atom. The molecule has 29 heavy (non-hydrogen) atoms. The lowest BCUT2D eigenvalue weighted by atomic mass is 10.1. The van der Waals surface area contributed by atoms with Gasteiger partial charge in [0.15, 0.2) is 0 Å². The van der Waals surface area contributed by atoms with Crippen molar-refractivity contribution in [3.63, 3.8) is 0 Å². The molecule has 0 N–H and O–H groups in total. The molecule has 0 aromatic heterocycles. The summed E-state index contributed by atoms with van der Waals surface area (Å²) in [5.41, 5.74) is 1.94. The van der Waals surface area contributed by atoms with Crippen LogP contribution in [0, 0.1) is 12.8 Å². The highest BCUT2D eigenvalue weighted by Gasteiger charge is 2.46. The predicted molar refractivity (Wildman–Crippen MR) is 110 cm³/mol. The molecule has 1 saturated heterocycles. The molecule has 2 aromatic carbocycles. The first-order valence-corrected chi connectivity index (χ1v) is 10.2. The zero-order valence-corrected chi connectivity index (χ0v) is 17.0. The number of aryl methyl sites for hydroxylation is 1. The van der Waals surface area contributed by atoms with E-state index >= 15 is 0 Å². The Hall–Kier alpha value is -2.15. The molecule has 1 aliphatic heterocycles. The number of hydrogen-bond acceptors (Lipinski definition) is 3. The van der Waals surface area contributed by atoms with E-state index in [1.54, 1.807) is 0 Å². The van der Waals surface area contributed by atoms with E-state index in [1.807, 2.05) is 41.0 Å². The highest BCUT2D eigenvalue weighted by Crippen LogP contribution is 2.48. The van der Waals surface area contributed by atoms with E-state index in [9.17, 15) is 18.0 Å². The van der Waals surface area contributed by atoms with E-state index in [-0.39, 0.29) is 17.7 Å². The second-order valence-corrected chi connectivity index (χ2v) is 8.37. The van der Waals surface area contributed by atoms with E-state index in [0.29, 0.717) is 31.9 Å². The Labute approximate surface area is 173 Å². The standard InChI is InChI=1S/C22H23F3N2OS/c1-14-2-5-16(22(23,24)25)12-20(14)26-8-10-27(11-9-26)21(28)19-13-18(19)15-3-6-17(29)7-4-15/h2-7,12,18-19,29H,8-11,13H2,1H3/t18-,19-/m0/s1. The smallest absolute Gasteiger partial charge is 0.368 e. The Kier molecular flexibility index (Phi) is 5.27. The summed E-state index contributed by atoms with van der Waals surface area (Å²) in [4.78, 5) is 17.6. The molecule has 0 bridgehead atoms. The van der Waals surface area contributed by atoms with Gasteiger partial charge in [0, 0.05) is 42.7 Å². The molecule has 2 aromatic rings. The van der Waals surface area contributed by atoms with Crippen molar-refractivity contribution < 1.29 is 18.0 Å². The van der Waals surface area contributed by atoms with Crippen molar-refractivity contribution in [1.82, 2.24) is 4.90 Å². The largest absolute Gasteiger partial charge is 0.416 e. The van der Waals surface area contributed by atoms with Crippen molar-refractivity contribution in [2.75, 3.05) is 31.1 Å². The number of piperazine rings is 1. The van der Waals surface area contributed by atoms with Gasteiger partial charge in [-0.1, -0.05) is 18.2 Å². The molecule has 2 aliphatic rings. The Morgan fingerprint density at radius 3 is 2.31 bits per heavy atom. The van der Waals surface area contributed by atoms with Gasteiger partial charge in [0.25, 0.3) is 0 Å². The van der Waals surface area contributed by atoms with Crippen molar-refractivity contribution in [2.45, 2.75) is 30.3 Å². The first-order valence-electron chi connectivity index (χ1n) is 9.74. The van der Waals surface area contributed by atoms with Crippen molar-refractivity contribution in [3.05, 3.63) is 59.2 Å². The predicted octanol–water partition coefficient (Wildman–Crippen LogP) is 4.75. The SMILES string of the molecule is Cc1ccc(C(F)(F)F)cc1N1CCN(C(=O)[C@H]2C[C@H]2c2ccc(S)cc2)CC1. The summed E-state index contributed by atoms with van der Waals surface area (Å²) < 4.78 is 39.2. The normalized spacial score (nSPS) is 22.0. The Morgan fingerprint density at radius 1 is 1.03 bits per heavy atom. The van der Waals surface area contributed by atoms with Gasteiger partial charge in [-0.05, 0) is 54.7 Å². The van der Waals surface area contributed by atoms with E-state index in [2.05, 4.69) is 12.6 Å². The molecular weight excluding hydrogens is 397 g/mol. The topological polar surface area (TPSA) is 23.6 Å². The van der Waals surface area contributed by atoms with E-state index in [0.717, 1.165) is 22.9 Å². The van der Waals surface area contributed by atoms with Crippen LogP contribution in [-0.4, -0.2) is 37.0 Å². The van der Waals surface area contributed by atoms with Crippen LogP contribution in [0.5, 0.6) is 0 Å². The molecule has 1 heterocycles. The number of carbonyl (C=O) groups excluding carboxylic acids is 1. The minimum atomic E-state index is -4.35. The van der Waals surface area contributed by atoms with Crippen LogP contribution in [-0.2, 0) is 11.0 Å². The molecule has 1 amide bonds. The summed E-state index contributed by atoms with van der Waals surface area (Å²) in [5.74, 6) is 0.438. The van der Waals surface area contributed by atoms with Crippen LogP contribution in [0.3, 0.4) is 0 Å². The van der Waals surface area contributed by atoms with Gasteiger partial charge in [-0.15, -0.1) is 12.6 Å². The van der Waals surface area contributed by atoms with Gasteiger partial charge in [-0.2, -0.15) is 13.2 Å². The molecule has 3 nitrogen and oxygen atoms in total. The molecule has 0 unspecified atom stereocenters. The summed E-state index contributed by atoms with van der Waals surface area (Å²) in [5, 5.41) is 0. The van der Waals surface area contributed by atoms with Gasteiger partial charge in [0.1, 0.15) is 0 Å². The molecule has 1 saturated carbocycles. The van der Waals surface area contributed by atoms with Gasteiger partial charge in [0.2, 0.25) is 5.91 Å². The summed E-state index contributed by atoms with van der Waals surface area (Å²) in [6.45, 7) is 3.97. The van der Waals surface area contributed by atoms with Crippen LogP contribution < -0.4 is 4.90 Å². The summed E-state index contributed by atoms with van der Waals surface area (Å²) in [6, 6.07) is 11.8. The Balaban J connectivity index is 1.38. The van der Waals surface area contributed by atoms with Crippen molar-refractivity contribution >= 4 is 24.2 Å². The molecule has 7 heteroatoms. The second kappa shape index (κ2) is 7.59. The monoisotopic (exact) mass is 420 g/mol. The summed E-state index contributed by atoms with van der Waals surface area (Å²) in [7, 11) is 0. The number of anilines is 1. The van der Waals surface area contributed by atoms with Gasteiger partial charge < -0.3 is 9.80 Å². The third kappa shape index (κ3) is 4.25. The average Bonchev–Trinajstić information content (AvgIpc) is 3.48. The molecule has 0 spiro atoms. The van der Waals surface area contributed by atoms with Crippen LogP contribution in [0.1, 0.15) is 29.0 Å². The number of hydrogen-bond donors (Lipinski definition) is 1. The minimum absolute atomic E-state index is 0.0163. The average molecular weight is 421 g/mol. The van der Waals surface area contributed by atoms with Crippen molar-refractivity contribution in [2.24, 2.45) is 5.92 Å². The van der Waals surface area contributed by atoms with Gasteiger partial charge in [-0.25, -0.2) is 0 Å². The minimum Gasteiger partial charge on any atom is -0.368 e. The first-order chi connectivity index (χ1) is 13.7. The molecule has 4 rings (SSSR count). The summed E-state index contributed by atoms with van der Waals surface area (Å²) >= 11 is 4.29. The molecule has 2 atom stereocenters. The molecule has 154 valence electrons. The van der Waals surface area contributed by atoms with Crippen molar-refractivity contribution in [1.29, 1.82) is 0 Å². The number of halogens is 3. The second-order valence-electron chi connectivity index (χ2n) is 7.85. The Bertz CT molecular complexity index is 905. The number of nitrogens with zero attached hydrogens (tertiary/aromatic N) is 2. The van der Waals surface area contributed by atoms with Crippen LogP contribution in [0.15, 0.2) is 47.4 Å². The van der Waals surface area contributed by atoms with Crippen LogP contribution in [0.25, 0.3) is 0 Å².